The first kappa shape index (κ1) is 27.1. The van der Waals surface area contributed by atoms with E-state index in [1.165, 1.54) is 9.80 Å². The number of piperidine rings is 1. The molecule has 1 spiro atoms. The Hall–Kier alpha value is -2.46. The summed E-state index contributed by atoms with van der Waals surface area (Å²) in [5.41, 5.74) is -2.21. The average Bonchev–Trinajstić information content (AvgIpc) is 3.27. The van der Waals surface area contributed by atoms with Crippen molar-refractivity contribution >= 4 is 23.8 Å². The maximum atomic E-state index is 13.4. The first-order valence-corrected chi connectivity index (χ1v) is 12.2. The minimum absolute atomic E-state index is 0.0121. The van der Waals surface area contributed by atoms with Gasteiger partial charge in [0.15, 0.2) is 5.79 Å². The summed E-state index contributed by atoms with van der Waals surface area (Å²) in [4.78, 5) is 55.1. The largest absolute Gasteiger partial charge is 0.480 e. The van der Waals surface area contributed by atoms with E-state index < -0.39 is 47.1 Å². The van der Waals surface area contributed by atoms with E-state index in [9.17, 15) is 24.3 Å². The van der Waals surface area contributed by atoms with Crippen molar-refractivity contribution in [3.05, 3.63) is 12.7 Å². The van der Waals surface area contributed by atoms with E-state index in [1.807, 2.05) is 0 Å². The normalized spacial score (nSPS) is 30.5. The Bertz CT molecular complexity index is 879. The molecular formula is C25H38N2O8. The van der Waals surface area contributed by atoms with Gasteiger partial charge in [0, 0.05) is 25.9 Å². The second-order valence-electron chi connectivity index (χ2n) is 11.1. The molecule has 0 saturated carbocycles. The minimum atomic E-state index is -1.46. The van der Waals surface area contributed by atoms with Crippen LogP contribution in [0.1, 0.15) is 66.7 Å². The summed E-state index contributed by atoms with van der Waals surface area (Å²) in [7, 11) is 0. The SMILES string of the molecule is C=CCCCC(=O)N1[C@@H]([C@@H]2COC(C)(C)O2)C[C@@]2(CN(C(=O)OC(C)(C)C)CCC2=O)[C@@H]1C(=O)O. The number of carbonyl (C=O) groups excluding carboxylic acids is 3. The van der Waals surface area contributed by atoms with Crippen molar-refractivity contribution in [3.8, 4) is 0 Å². The maximum absolute atomic E-state index is 13.4. The number of hydrogen-bond acceptors (Lipinski definition) is 7. The van der Waals surface area contributed by atoms with Crippen LogP contribution < -0.4 is 0 Å². The number of carboxylic acid groups (broad SMARTS) is 1. The Labute approximate surface area is 206 Å². The fourth-order valence-electron chi connectivity index (χ4n) is 5.36. The van der Waals surface area contributed by atoms with Crippen LogP contribution in [-0.2, 0) is 28.6 Å². The highest BCUT2D eigenvalue weighted by molar-refractivity contribution is 5.97. The van der Waals surface area contributed by atoms with Gasteiger partial charge in [0.25, 0.3) is 0 Å². The van der Waals surface area contributed by atoms with E-state index in [1.54, 1.807) is 40.7 Å². The fraction of sp³-hybridized carbons (Fsp3) is 0.760. The smallest absolute Gasteiger partial charge is 0.410 e. The molecule has 1 N–H and O–H groups in total. The van der Waals surface area contributed by atoms with Crippen molar-refractivity contribution in [3.63, 3.8) is 0 Å². The molecule has 196 valence electrons. The van der Waals surface area contributed by atoms with Gasteiger partial charge in [0.2, 0.25) is 5.91 Å². The number of likely N-dealkylation sites (tertiary alicyclic amines) is 2. The molecular weight excluding hydrogens is 456 g/mol. The highest BCUT2D eigenvalue weighted by atomic mass is 16.7. The molecule has 0 radical (unpaired) electrons. The molecule has 10 nitrogen and oxygen atoms in total. The standard InChI is InChI=1S/C25H38N2O8/c1-7-8-9-10-19(29)27-16(17-14-33-24(5,6)34-17)13-25(20(27)21(30)31)15-26(12-11-18(25)28)22(32)35-23(2,3)4/h7,16-17,20H,1,8-15H2,2-6H3,(H,30,31)/t16-,17+,20+,25+/m1/s1. The second kappa shape index (κ2) is 9.89. The third-order valence-electron chi connectivity index (χ3n) is 6.80. The molecule has 3 fully saturated rings. The van der Waals surface area contributed by atoms with Gasteiger partial charge < -0.3 is 29.1 Å². The zero-order valence-corrected chi connectivity index (χ0v) is 21.4. The third kappa shape index (κ3) is 5.69. The molecule has 10 heteroatoms. The number of Topliss-reactive ketones (excluding diaryl/α,β-unsaturated/α-hetero) is 1. The van der Waals surface area contributed by atoms with E-state index in [-0.39, 0.29) is 50.6 Å². The maximum Gasteiger partial charge on any atom is 0.410 e. The van der Waals surface area contributed by atoms with Crippen molar-refractivity contribution < 1.29 is 38.5 Å². The topological polar surface area (TPSA) is 123 Å². The number of carbonyl (C=O) groups is 4. The minimum Gasteiger partial charge on any atom is -0.480 e. The lowest BCUT2D eigenvalue weighted by atomic mass is 9.71. The summed E-state index contributed by atoms with van der Waals surface area (Å²) in [6, 6.07) is -2.11. The number of nitrogens with zero attached hydrogens (tertiary/aromatic N) is 2. The van der Waals surface area contributed by atoms with E-state index in [0.717, 1.165) is 0 Å². The lowest BCUT2D eigenvalue weighted by molar-refractivity contribution is -0.162. The van der Waals surface area contributed by atoms with E-state index in [0.29, 0.717) is 12.8 Å². The van der Waals surface area contributed by atoms with Crippen molar-refractivity contribution in [2.45, 2.75) is 96.3 Å². The first-order chi connectivity index (χ1) is 16.2. The number of allylic oxidation sites excluding steroid dienone is 1. The molecule has 0 aromatic carbocycles. The quantitative estimate of drug-likeness (QED) is 0.442. The number of amides is 2. The van der Waals surface area contributed by atoms with Gasteiger partial charge in [-0.15, -0.1) is 6.58 Å². The molecule has 3 heterocycles. The van der Waals surface area contributed by atoms with Gasteiger partial charge in [-0.2, -0.15) is 0 Å². The van der Waals surface area contributed by atoms with Crippen molar-refractivity contribution in [1.29, 1.82) is 0 Å². The summed E-state index contributed by atoms with van der Waals surface area (Å²) in [5, 5.41) is 10.3. The molecule has 3 rings (SSSR count). The van der Waals surface area contributed by atoms with Gasteiger partial charge in [-0.05, 0) is 53.9 Å². The Morgan fingerprint density at radius 3 is 2.51 bits per heavy atom. The predicted octanol–water partition coefficient (Wildman–Crippen LogP) is 2.74. The summed E-state index contributed by atoms with van der Waals surface area (Å²) in [6.45, 7) is 12.6. The first-order valence-electron chi connectivity index (χ1n) is 12.2. The highest BCUT2D eigenvalue weighted by Gasteiger charge is 2.65. The molecule has 0 aromatic rings. The zero-order chi connectivity index (χ0) is 26.2. The summed E-state index contributed by atoms with van der Waals surface area (Å²) >= 11 is 0. The molecule has 0 aromatic heterocycles. The van der Waals surface area contributed by atoms with Gasteiger partial charge >= 0.3 is 12.1 Å². The number of ether oxygens (including phenoxy) is 3. The van der Waals surface area contributed by atoms with Crippen LogP contribution in [0.4, 0.5) is 4.79 Å². The number of aliphatic carboxylic acids is 1. The van der Waals surface area contributed by atoms with Gasteiger partial charge in [0.05, 0.1) is 18.1 Å². The van der Waals surface area contributed by atoms with E-state index in [4.69, 9.17) is 14.2 Å². The second-order valence-corrected chi connectivity index (χ2v) is 11.1. The molecule has 4 atom stereocenters. The molecule has 0 unspecified atom stereocenters. The number of rotatable bonds is 6. The molecule has 2 amide bonds. The number of hydrogen-bond donors (Lipinski definition) is 1. The Kier molecular flexibility index (Phi) is 7.67. The van der Waals surface area contributed by atoms with Crippen molar-refractivity contribution in [1.82, 2.24) is 9.80 Å². The van der Waals surface area contributed by atoms with Crippen LogP contribution in [0, 0.1) is 5.41 Å². The van der Waals surface area contributed by atoms with Gasteiger partial charge in [-0.1, -0.05) is 6.08 Å². The van der Waals surface area contributed by atoms with E-state index >= 15 is 0 Å². The third-order valence-corrected chi connectivity index (χ3v) is 6.80. The Balaban J connectivity index is 1.99. The number of unbranched alkanes of at least 4 members (excludes halogenated alkanes) is 1. The molecule has 35 heavy (non-hydrogen) atoms. The molecule has 3 aliphatic heterocycles. The lowest BCUT2D eigenvalue weighted by Gasteiger charge is -2.42. The van der Waals surface area contributed by atoms with Gasteiger partial charge in [0.1, 0.15) is 23.5 Å². The van der Waals surface area contributed by atoms with Crippen molar-refractivity contribution in [2.75, 3.05) is 19.7 Å². The molecule has 3 aliphatic rings. The average molecular weight is 495 g/mol. The van der Waals surface area contributed by atoms with Crippen LogP contribution >= 0.6 is 0 Å². The molecule has 0 aliphatic carbocycles. The summed E-state index contributed by atoms with van der Waals surface area (Å²) < 4.78 is 17.2. The molecule has 3 saturated heterocycles. The predicted molar refractivity (Wildman–Crippen MR) is 125 cm³/mol. The summed E-state index contributed by atoms with van der Waals surface area (Å²) in [6.07, 6.45) is 1.78. The van der Waals surface area contributed by atoms with Crippen LogP contribution in [0.25, 0.3) is 0 Å². The van der Waals surface area contributed by atoms with E-state index in [2.05, 4.69) is 6.58 Å². The van der Waals surface area contributed by atoms with Crippen LogP contribution in [0.15, 0.2) is 12.7 Å². The summed E-state index contributed by atoms with van der Waals surface area (Å²) in [5.74, 6) is -2.80. The Morgan fingerprint density at radius 1 is 1.29 bits per heavy atom. The zero-order valence-electron chi connectivity index (χ0n) is 21.4. The molecule has 0 bridgehead atoms. The van der Waals surface area contributed by atoms with Crippen LogP contribution in [-0.4, -0.2) is 87.9 Å². The highest BCUT2D eigenvalue weighted by Crippen LogP contribution is 2.48. The van der Waals surface area contributed by atoms with Crippen LogP contribution in [0.5, 0.6) is 0 Å². The fourth-order valence-corrected chi connectivity index (χ4v) is 5.36. The lowest BCUT2D eigenvalue weighted by Crippen LogP contribution is -2.60. The van der Waals surface area contributed by atoms with Crippen LogP contribution in [0.3, 0.4) is 0 Å². The van der Waals surface area contributed by atoms with Crippen LogP contribution in [0.2, 0.25) is 0 Å². The van der Waals surface area contributed by atoms with Gasteiger partial charge in [-0.25, -0.2) is 9.59 Å². The monoisotopic (exact) mass is 494 g/mol. The van der Waals surface area contributed by atoms with Crippen molar-refractivity contribution in [2.24, 2.45) is 5.41 Å². The van der Waals surface area contributed by atoms with Gasteiger partial charge in [-0.3, -0.25) is 9.59 Å². The number of ketones is 1. The number of carboxylic acids is 1. The Morgan fingerprint density at radius 2 is 1.97 bits per heavy atom.